The molecule has 0 amide bonds. The fourth-order valence-electron chi connectivity index (χ4n) is 1.72. The van der Waals surface area contributed by atoms with Crippen LogP contribution < -0.4 is 0 Å². The van der Waals surface area contributed by atoms with E-state index < -0.39 is 6.10 Å². The van der Waals surface area contributed by atoms with Crippen LogP contribution in [0.25, 0.3) is 0 Å². The molecular formula is C16H17ClOS. The zero-order valence-corrected chi connectivity index (χ0v) is 12.6. The number of rotatable bonds is 4. The van der Waals surface area contributed by atoms with Gasteiger partial charge in [0.2, 0.25) is 0 Å². The van der Waals surface area contributed by atoms with Crippen molar-refractivity contribution in [2.24, 2.45) is 0 Å². The van der Waals surface area contributed by atoms with E-state index >= 15 is 0 Å². The van der Waals surface area contributed by atoms with Crippen LogP contribution in [0.3, 0.4) is 0 Å². The van der Waals surface area contributed by atoms with Crippen LogP contribution in [0.4, 0.5) is 0 Å². The summed E-state index contributed by atoms with van der Waals surface area (Å²) in [6.45, 7) is 4.02. The molecule has 1 unspecified atom stereocenters. The van der Waals surface area contributed by atoms with Gasteiger partial charge in [0.25, 0.3) is 0 Å². The molecule has 0 aliphatic carbocycles. The maximum atomic E-state index is 10.2. The lowest BCUT2D eigenvalue weighted by atomic mass is 10.1. The molecule has 0 saturated heterocycles. The third-order valence-corrected chi connectivity index (χ3v) is 4.50. The molecule has 1 N–H and O–H groups in total. The van der Waals surface area contributed by atoms with Gasteiger partial charge >= 0.3 is 0 Å². The Balaban J connectivity index is 1.98. The van der Waals surface area contributed by atoms with E-state index in [1.54, 1.807) is 11.8 Å². The van der Waals surface area contributed by atoms with Crippen LogP contribution >= 0.6 is 23.4 Å². The van der Waals surface area contributed by atoms with Gasteiger partial charge in [0.15, 0.2) is 0 Å². The molecular weight excluding hydrogens is 276 g/mol. The Morgan fingerprint density at radius 1 is 1.11 bits per heavy atom. The van der Waals surface area contributed by atoms with E-state index in [1.165, 1.54) is 10.5 Å². The van der Waals surface area contributed by atoms with Crippen LogP contribution in [0.15, 0.2) is 47.4 Å². The maximum absolute atomic E-state index is 10.2. The molecule has 0 heterocycles. The van der Waals surface area contributed by atoms with E-state index in [9.17, 15) is 5.11 Å². The van der Waals surface area contributed by atoms with Gasteiger partial charge in [-0.1, -0.05) is 41.4 Å². The molecule has 0 spiro atoms. The van der Waals surface area contributed by atoms with Crippen molar-refractivity contribution < 1.29 is 5.11 Å². The Morgan fingerprint density at radius 2 is 1.79 bits per heavy atom. The first-order valence-corrected chi connectivity index (χ1v) is 7.56. The quantitative estimate of drug-likeness (QED) is 0.818. The molecule has 0 aromatic heterocycles. The van der Waals surface area contributed by atoms with E-state index in [4.69, 9.17) is 11.6 Å². The van der Waals surface area contributed by atoms with Gasteiger partial charge in [0, 0.05) is 15.7 Å². The second-order valence-electron chi connectivity index (χ2n) is 4.65. The highest BCUT2D eigenvalue weighted by molar-refractivity contribution is 7.99. The van der Waals surface area contributed by atoms with Gasteiger partial charge in [0.1, 0.15) is 0 Å². The molecule has 0 saturated carbocycles. The van der Waals surface area contributed by atoms with E-state index in [0.29, 0.717) is 10.8 Å². The lowest BCUT2D eigenvalue weighted by Crippen LogP contribution is -2.00. The minimum Gasteiger partial charge on any atom is -0.388 e. The zero-order valence-electron chi connectivity index (χ0n) is 11.1. The van der Waals surface area contributed by atoms with Crippen LogP contribution in [-0.4, -0.2) is 10.9 Å². The highest BCUT2D eigenvalue weighted by atomic mass is 35.5. The predicted molar refractivity (Wildman–Crippen MR) is 83.1 cm³/mol. The molecule has 3 heteroatoms. The number of benzene rings is 2. The van der Waals surface area contributed by atoms with Crippen molar-refractivity contribution in [1.82, 2.24) is 0 Å². The van der Waals surface area contributed by atoms with Crippen LogP contribution in [0.5, 0.6) is 0 Å². The van der Waals surface area contributed by atoms with Gasteiger partial charge in [-0.2, -0.15) is 0 Å². The van der Waals surface area contributed by atoms with Gasteiger partial charge < -0.3 is 5.11 Å². The number of hydrogen-bond acceptors (Lipinski definition) is 2. The first-order valence-electron chi connectivity index (χ1n) is 6.20. The SMILES string of the molecule is Cc1ccc(SCC(O)c2ccc(C)c(Cl)c2)cc1. The molecule has 2 rings (SSSR count). The molecule has 0 fully saturated rings. The summed E-state index contributed by atoms with van der Waals surface area (Å²) < 4.78 is 0. The zero-order chi connectivity index (χ0) is 13.8. The summed E-state index contributed by atoms with van der Waals surface area (Å²) in [5, 5.41) is 10.9. The smallest absolute Gasteiger partial charge is 0.0884 e. The number of aliphatic hydroxyl groups is 1. The largest absolute Gasteiger partial charge is 0.388 e. The van der Waals surface area contributed by atoms with E-state index in [1.807, 2.05) is 25.1 Å². The van der Waals surface area contributed by atoms with Gasteiger partial charge in [-0.3, -0.25) is 0 Å². The monoisotopic (exact) mass is 292 g/mol. The average Bonchev–Trinajstić information content (AvgIpc) is 2.41. The second-order valence-corrected chi connectivity index (χ2v) is 6.15. The van der Waals surface area contributed by atoms with Crippen molar-refractivity contribution >= 4 is 23.4 Å². The maximum Gasteiger partial charge on any atom is 0.0884 e. The molecule has 2 aromatic carbocycles. The lowest BCUT2D eigenvalue weighted by Gasteiger charge is -2.12. The number of aliphatic hydroxyl groups excluding tert-OH is 1. The third kappa shape index (κ3) is 4.00. The molecule has 0 bridgehead atoms. The summed E-state index contributed by atoms with van der Waals surface area (Å²) in [5.41, 5.74) is 3.15. The number of aryl methyl sites for hydroxylation is 2. The molecule has 19 heavy (non-hydrogen) atoms. The molecule has 0 radical (unpaired) electrons. The van der Waals surface area contributed by atoms with Crippen molar-refractivity contribution in [3.05, 3.63) is 64.2 Å². The number of halogens is 1. The number of hydrogen-bond donors (Lipinski definition) is 1. The van der Waals surface area contributed by atoms with Gasteiger partial charge in [-0.05, 0) is 43.2 Å². The summed E-state index contributed by atoms with van der Waals surface area (Å²) in [6.07, 6.45) is -0.496. The fourth-order valence-corrected chi connectivity index (χ4v) is 2.78. The summed E-state index contributed by atoms with van der Waals surface area (Å²) in [5.74, 6) is 0.627. The summed E-state index contributed by atoms with van der Waals surface area (Å²) in [7, 11) is 0. The second kappa shape index (κ2) is 6.47. The Kier molecular flexibility index (Phi) is 4.92. The van der Waals surface area contributed by atoms with Crippen molar-refractivity contribution in [1.29, 1.82) is 0 Å². The van der Waals surface area contributed by atoms with Crippen LogP contribution in [0, 0.1) is 13.8 Å². The molecule has 0 aliphatic rings. The molecule has 100 valence electrons. The van der Waals surface area contributed by atoms with Crippen molar-refractivity contribution in [2.45, 2.75) is 24.8 Å². The van der Waals surface area contributed by atoms with Crippen molar-refractivity contribution in [3.8, 4) is 0 Å². The number of thioether (sulfide) groups is 1. The van der Waals surface area contributed by atoms with Crippen molar-refractivity contribution in [2.75, 3.05) is 5.75 Å². The molecule has 1 nitrogen and oxygen atoms in total. The van der Waals surface area contributed by atoms with Crippen molar-refractivity contribution in [3.63, 3.8) is 0 Å². The predicted octanol–water partition coefficient (Wildman–Crippen LogP) is 4.78. The highest BCUT2D eigenvalue weighted by Gasteiger charge is 2.09. The van der Waals surface area contributed by atoms with Crippen LogP contribution in [-0.2, 0) is 0 Å². The minimum atomic E-state index is -0.496. The Bertz CT molecular complexity index is 551. The first-order chi connectivity index (χ1) is 9.06. The standard InChI is InChI=1S/C16H17ClOS/c1-11-3-7-14(8-4-11)19-10-16(18)13-6-5-12(2)15(17)9-13/h3-9,16,18H,10H2,1-2H3. The molecule has 0 aliphatic heterocycles. The van der Waals surface area contributed by atoms with Gasteiger partial charge in [-0.15, -0.1) is 11.8 Å². The summed E-state index contributed by atoms with van der Waals surface area (Å²) >= 11 is 7.72. The van der Waals surface area contributed by atoms with E-state index in [2.05, 4.69) is 31.2 Å². The molecule has 1 atom stereocenters. The lowest BCUT2D eigenvalue weighted by molar-refractivity contribution is 0.204. The van der Waals surface area contributed by atoms with E-state index in [-0.39, 0.29) is 0 Å². The highest BCUT2D eigenvalue weighted by Crippen LogP contribution is 2.27. The normalized spacial score (nSPS) is 12.4. The fraction of sp³-hybridized carbons (Fsp3) is 0.250. The van der Waals surface area contributed by atoms with E-state index in [0.717, 1.165) is 11.1 Å². The topological polar surface area (TPSA) is 20.2 Å². The van der Waals surface area contributed by atoms with Gasteiger partial charge in [0.05, 0.1) is 6.10 Å². The molecule has 2 aromatic rings. The third-order valence-electron chi connectivity index (χ3n) is 3.01. The van der Waals surface area contributed by atoms with Crippen LogP contribution in [0.2, 0.25) is 5.02 Å². The van der Waals surface area contributed by atoms with Crippen LogP contribution in [0.1, 0.15) is 22.8 Å². The first kappa shape index (κ1) is 14.4. The Hall–Kier alpha value is -0.960. The summed E-state index contributed by atoms with van der Waals surface area (Å²) in [6, 6.07) is 14.0. The average molecular weight is 293 g/mol. The minimum absolute atomic E-state index is 0.496. The summed E-state index contributed by atoms with van der Waals surface area (Å²) in [4.78, 5) is 1.17. The van der Waals surface area contributed by atoms with Gasteiger partial charge in [-0.25, -0.2) is 0 Å². The Labute approximate surface area is 123 Å². The Morgan fingerprint density at radius 3 is 2.42 bits per heavy atom.